The smallest absolute Gasteiger partial charge is 0.226 e. The molecule has 0 aromatic rings. The molecule has 0 aliphatic carbocycles. The molecule has 20 heavy (non-hydrogen) atoms. The summed E-state index contributed by atoms with van der Waals surface area (Å²) in [5.41, 5.74) is 5.57. The zero-order chi connectivity index (χ0) is 13.5. The van der Waals surface area contributed by atoms with Crippen LogP contribution in [0.1, 0.15) is 20.3 Å². The van der Waals surface area contributed by atoms with Gasteiger partial charge >= 0.3 is 0 Å². The standard InChI is InChI=1S/C13H27N3O2.2ClH/c1-4-12-10-16(13(17)11(2)9-14)6-5-15(12)7-8-18-3;;/h11-12H,4-10,14H2,1-3H3;2*1H. The Kier molecular flexibility index (Phi) is 12.9. The Labute approximate surface area is 135 Å². The minimum Gasteiger partial charge on any atom is -0.383 e. The van der Waals surface area contributed by atoms with Crippen LogP contribution >= 0.6 is 24.8 Å². The number of methoxy groups -OCH3 is 1. The molecule has 1 heterocycles. The molecule has 1 amide bonds. The maximum Gasteiger partial charge on any atom is 0.226 e. The summed E-state index contributed by atoms with van der Waals surface area (Å²) in [4.78, 5) is 16.5. The van der Waals surface area contributed by atoms with Crippen LogP contribution in [0.3, 0.4) is 0 Å². The van der Waals surface area contributed by atoms with Gasteiger partial charge in [0.05, 0.1) is 6.61 Å². The minimum atomic E-state index is -0.0620. The molecule has 1 aliphatic heterocycles. The maximum atomic E-state index is 12.1. The lowest BCUT2D eigenvalue weighted by Crippen LogP contribution is -2.56. The largest absolute Gasteiger partial charge is 0.383 e. The number of piperazine rings is 1. The molecule has 0 aromatic heterocycles. The molecule has 0 spiro atoms. The van der Waals surface area contributed by atoms with Crippen LogP contribution in [0.15, 0.2) is 0 Å². The van der Waals surface area contributed by atoms with Gasteiger partial charge in [0.15, 0.2) is 0 Å². The first-order valence-corrected chi connectivity index (χ1v) is 6.85. The van der Waals surface area contributed by atoms with Gasteiger partial charge in [-0.15, -0.1) is 24.8 Å². The quantitative estimate of drug-likeness (QED) is 0.789. The van der Waals surface area contributed by atoms with Gasteiger partial charge in [-0.2, -0.15) is 0 Å². The highest BCUT2D eigenvalue weighted by Crippen LogP contribution is 2.14. The Balaban J connectivity index is 0. The number of carbonyl (C=O) groups excluding carboxylic acids is 1. The van der Waals surface area contributed by atoms with Gasteiger partial charge in [-0.3, -0.25) is 9.69 Å². The number of hydrogen-bond acceptors (Lipinski definition) is 4. The molecular formula is C13H29Cl2N3O2. The first kappa shape index (κ1) is 22.2. The number of ether oxygens (including phenoxy) is 1. The van der Waals surface area contributed by atoms with E-state index in [2.05, 4.69) is 11.8 Å². The second-order valence-electron chi connectivity index (χ2n) is 5.01. The van der Waals surface area contributed by atoms with Gasteiger partial charge in [0, 0.05) is 51.8 Å². The van der Waals surface area contributed by atoms with Crippen molar-refractivity contribution in [1.29, 1.82) is 0 Å². The van der Waals surface area contributed by atoms with Crippen molar-refractivity contribution in [2.45, 2.75) is 26.3 Å². The number of nitrogens with zero attached hydrogens (tertiary/aromatic N) is 2. The lowest BCUT2D eigenvalue weighted by molar-refractivity contribution is -0.137. The molecule has 1 fully saturated rings. The highest BCUT2D eigenvalue weighted by Gasteiger charge is 2.29. The third-order valence-corrected chi connectivity index (χ3v) is 3.75. The molecule has 2 N–H and O–H groups in total. The van der Waals surface area contributed by atoms with Crippen molar-refractivity contribution in [3.63, 3.8) is 0 Å². The summed E-state index contributed by atoms with van der Waals surface area (Å²) in [6, 6.07) is 0.447. The Morgan fingerprint density at radius 1 is 1.40 bits per heavy atom. The van der Waals surface area contributed by atoms with Gasteiger partial charge in [0.1, 0.15) is 0 Å². The Hall–Kier alpha value is -0.0700. The second kappa shape index (κ2) is 11.6. The summed E-state index contributed by atoms with van der Waals surface area (Å²) >= 11 is 0. The van der Waals surface area contributed by atoms with Crippen LogP contribution in [0.25, 0.3) is 0 Å². The van der Waals surface area contributed by atoms with Crippen LogP contribution in [-0.2, 0) is 9.53 Å². The summed E-state index contributed by atoms with van der Waals surface area (Å²) in [6.07, 6.45) is 1.06. The third-order valence-electron chi connectivity index (χ3n) is 3.75. The molecule has 5 nitrogen and oxygen atoms in total. The first-order chi connectivity index (χ1) is 8.63. The van der Waals surface area contributed by atoms with Crippen molar-refractivity contribution in [2.24, 2.45) is 11.7 Å². The summed E-state index contributed by atoms with van der Waals surface area (Å²) in [5.74, 6) is 0.135. The normalized spacial score (nSPS) is 20.8. The first-order valence-electron chi connectivity index (χ1n) is 6.85. The lowest BCUT2D eigenvalue weighted by atomic mass is 10.1. The molecule has 0 bridgehead atoms. The highest BCUT2D eigenvalue weighted by molar-refractivity contribution is 5.85. The minimum absolute atomic E-state index is 0. The van der Waals surface area contributed by atoms with Crippen LogP contribution in [0.2, 0.25) is 0 Å². The fourth-order valence-electron chi connectivity index (χ4n) is 2.40. The molecular weight excluding hydrogens is 301 g/mol. The van der Waals surface area contributed by atoms with Crippen LogP contribution in [0.5, 0.6) is 0 Å². The number of nitrogens with two attached hydrogens (primary N) is 1. The molecule has 0 radical (unpaired) electrons. The average molecular weight is 330 g/mol. The van der Waals surface area contributed by atoms with Crippen LogP contribution < -0.4 is 5.73 Å². The Morgan fingerprint density at radius 2 is 2.05 bits per heavy atom. The van der Waals surface area contributed by atoms with E-state index in [0.717, 1.165) is 39.2 Å². The van der Waals surface area contributed by atoms with Crippen molar-refractivity contribution < 1.29 is 9.53 Å². The van der Waals surface area contributed by atoms with E-state index in [1.54, 1.807) is 7.11 Å². The van der Waals surface area contributed by atoms with Gasteiger partial charge in [0.25, 0.3) is 0 Å². The van der Waals surface area contributed by atoms with Gasteiger partial charge < -0.3 is 15.4 Å². The molecule has 2 unspecified atom stereocenters. The molecule has 0 aromatic carbocycles. The average Bonchev–Trinajstić information content (AvgIpc) is 2.43. The van der Waals surface area contributed by atoms with Crippen molar-refractivity contribution in [1.82, 2.24) is 9.80 Å². The zero-order valence-electron chi connectivity index (χ0n) is 12.7. The monoisotopic (exact) mass is 329 g/mol. The van der Waals surface area contributed by atoms with E-state index in [9.17, 15) is 4.79 Å². The van der Waals surface area contributed by atoms with Crippen molar-refractivity contribution >= 4 is 30.7 Å². The van der Waals surface area contributed by atoms with E-state index in [-0.39, 0.29) is 36.6 Å². The van der Waals surface area contributed by atoms with Crippen LogP contribution in [-0.4, -0.2) is 68.2 Å². The molecule has 1 rings (SSSR count). The summed E-state index contributed by atoms with van der Waals surface area (Å²) in [5, 5.41) is 0. The van der Waals surface area contributed by atoms with Crippen molar-refractivity contribution in [3.8, 4) is 0 Å². The molecule has 1 saturated heterocycles. The molecule has 1 aliphatic rings. The van der Waals surface area contributed by atoms with Gasteiger partial charge in [0.2, 0.25) is 5.91 Å². The van der Waals surface area contributed by atoms with E-state index in [4.69, 9.17) is 10.5 Å². The summed E-state index contributed by atoms with van der Waals surface area (Å²) in [7, 11) is 1.73. The van der Waals surface area contributed by atoms with Crippen molar-refractivity contribution in [3.05, 3.63) is 0 Å². The second-order valence-corrected chi connectivity index (χ2v) is 5.01. The molecule has 7 heteroatoms. The molecule has 2 atom stereocenters. The molecule has 0 saturated carbocycles. The third kappa shape index (κ3) is 6.14. The fraction of sp³-hybridized carbons (Fsp3) is 0.923. The number of halogens is 2. The summed E-state index contributed by atoms with van der Waals surface area (Å²) in [6.45, 7) is 8.77. The van der Waals surface area contributed by atoms with E-state index >= 15 is 0 Å². The zero-order valence-corrected chi connectivity index (χ0v) is 14.3. The lowest BCUT2D eigenvalue weighted by Gasteiger charge is -2.41. The van der Waals surface area contributed by atoms with Crippen LogP contribution in [0, 0.1) is 5.92 Å². The maximum absolute atomic E-state index is 12.1. The summed E-state index contributed by atoms with van der Waals surface area (Å²) < 4.78 is 5.13. The van der Waals surface area contributed by atoms with Gasteiger partial charge in [-0.1, -0.05) is 13.8 Å². The van der Waals surface area contributed by atoms with Gasteiger partial charge in [-0.25, -0.2) is 0 Å². The van der Waals surface area contributed by atoms with E-state index in [0.29, 0.717) is 12.6 Å². The predicted octanol–water partition coefficient (Wildman–Crippen LogP) is 0.994. The highest BCUT2D eigenvalue weighted by atomic mass is 35.5. The Morgan fingerprint density at radius 3 is 2.55 bits per heavy atom. The SMILES string of the molecule is CCC1CN(C(=O)C(C)CN)CCN1CCOC.Cl.Cl. The fourth-order valence-corrected chi connectivity index (χ4v) is 2.40. The Bertz CT molecular complexity index is 270. The van der Waals surface area contributed by atoms with Crippen molar-refractivity contribution in [2.75, 3.05) is 46.4 Å². The number of amides is 1. The van der Waals surface area contributed by atoms with Gasteiger partial charge in [-0.05, 0) is 6.42 Å². The topological polar surface area (TPSA) is 58.8 Å². The van der Waals surface area contributed by atoms with E-state index < -0.39 is 0 Å². The molecule has 122 valence electrons. The van der Waals surface area contributed by atoms with E-state index in [1.807, 2.05) is 11.8 Å². The van der Waals surface area contributed by atoms with E-state index in [1.165, 1.54) is 0 Å². The van der Waals surface area contributed by atoms with Crippen LogP contribution in [0.4, 0.5) is 0 Å². The number of rotatable bonds is 6. The number of hydrogen-bond donors (Lipinski definition) is 1. The number of carbonyl (C=O) groups is 1. The predicted molar refractivity (Wildman–Crippen MR) is 86.8 cm³/mol.